The number of hydrogen-bond acceptors (Lipinski definition) is 5. The van der Waals surface area contributed by atoms with Gasteiger partial charge < -0.3 is 10.6 Å². The number of amides is 2. The van der Waals surface area contributed by atoms with Crippen molar-refractivity contribution in [1.82, 2.24) is 10.3 Å². The molecule has 156 valence electrons. The van der Waals surface area contributed by atoms with Gasteiger partial charge in [-0.05, 0) is 57.5 Å². The third-order valence-corrected chi connectivity index (χ3v) is 6.26. The number of aryl methyl sites for hydroxylation is 2. The molecule has 1 aromatic heterocycles. The predicted molar refractivity (Wildman–Crippen MR) is 125 cm³/mol. The van der Waals surface area contributed by atoms with Crippen LogP contribution in [0.15, 0.2) is 52.7 Å². The molecule has 3 aromatic rings. The molecule has 0 aliphatic carbocycles. The van der Waals surface area contributed by atoms with Crippen LogP contribution in [0.1, 0.15) is 50.8 Å². The average Bonchev–Trinajstić information content (AvgIpc) is 3.12. The number of rotatable bonds is 7. The summed E-state index contributed by atoms with van der Waals surface area (Å²) in [7, 11) is 0. The van der Waals surface area contributed by atoms with Gasteiger partial charge in [-0.25, -0.2) is 4.98 Å². The molecule has 1 heterocycles. The standard InChI is InChI=1S/C23H25N3O2S2/c1-14(2)24-23(28)20-11-17(10-9-15(20)3)26-22(27)19-7-5-6-8-21(19)30-13-18-12-29-16(4)25-18/h5-12,14H,13H2,1-4H3,(H,24,28)(H,26,27). The summed E-state index contributed by atoms with van der Waals surface area (Å²) < 4.78 is 0. The highest BCUT2D eigenvalue weighted by molar-refractivity contribution is 7.98. The van der Waals surface area contributed by atoms with Crippen molar-refractivity contribution < 1.29 is 9.59 Å². The van der Waals surface area contributed by atoms with E-state index in [1.807, 2.05) is 69.5 Å². The van der Waals surface area contributed by atoms with Crippen LogP contribution in [0.5, 0.6) is 0 Å². The van der Waals surface area contributed by atoms with Crippen molar-refractivity contribution in [3.05, 3.63) is 75.2 Å². The second-order valence-corrected chi connectivity index (χ2v) is 9.33. The van der Waals surface area contributed by atoms with Gasteiger partial charge in [0.05, 0.1) is 16.3 Å². The van der Waals surface area contributed by atoms with Crippen LogP contribution >= 0.6 is 23.1 Å². The fourth-order valence-corrected chi connectivity index (χ4v) is 4.55. The Morgan fingerprint density at radius 1 is 1.07 bits per heavy atom. The van der Waals surface area contributed by atoms with Gasteiger partial charge in [0.2, 0.25) is 0 Å². The minimum absolute atomic E-state index is 0.0422. The number of nitrogens with one attached hydrogen (secondary N) is 2. The zero-order valence-corrected chi connectivity index (χ0v) is 19.1. The van der Waals surface area contributed by atoms with Crippen LogP contribution in [-0.4, -0.2) is 22.8 Å². The van der Waals surface area contributed by atoms with Crippen molar-refractivity contribution in [3.8, 4) is 0 Å². The molecule has 0 unspecified atom stereocenters. The molecule has 5 nitrogen and oxygen atoms in total. The maximum Gasteiger partial charge on any atom is 0.256 e. The van der Waals surface area contributed by atoms with Crippen molar-refractivity contribution in [2.24, 2.45) is 0 Å². The third-order valence-electron chi connectivity index (χ3n) is 4.33. The first-order valence-electron chi connectivity index (χ1n) is 9.69. The van der Waals surface area contributed by atoms with E-state index in [-0.39, 0.29) is 17.9 Å². The maximum absolute atomic E-state index is 13.0. The first-order valence-corrected chi connectivity index (χ1v) is 11.6. The zero-order chi connectivity index (χ0) is 21.7. The van der Waals surface area contributed by atoms with Crippen molar-refractivity contribution in [2.45, 2.75) is 44.4 Å². The lowest BCUT2D eigenvalue weighted by atomic mass is 10.1. The van der Waals surface area contributed by atoms with Crippen molar-refractivity contribution in [1.29, 1.82) is 0 Å². The molecule has 0 saturated carbocycles. The minimum atomic E-state index is -0.202. The van der Waals surface area contributed by atoms with Crippen LogP contribution in [0.2, 0.25) is 0 Å². The molecule has 30 heavy (non-hydrogen) atoms. The number of thiazole rings is 1. The summed E-state index contributed by atoms with van der Waals surface area (Å²) in [5.74, 6) is 0.360. The smallest absolute Gasteiger partial charge is 0.256 e. The summed E-state index contributed by atoms with van der Waals surface area (Å²) in [5, 5.41) is 8.90. The van der Waals surface area contributed by atoms with Gasteiger partial charge in [0.15, 0.2) is 0 Å². The van der Waals surface area contributed by atoms with E-state index in [1.54, 1.807) is 29.2 Å². The second-order valence-electron chi connectivity index (χ2n) is 7.25. The van der Waals surface area contributed by atoms with Crippen LogP contribution in [0.25, 0.3) is 0 Å². The molecule has 0 spiro atoms. The molecule has 0 aliphatic rings. The highest BCUT2D eigenvalue weighted by Gasteiger charge is 2.15. The molecular formula is C23H25N3O2S2. The SMILES string of the molecule is Cc1nc(CSc2ccccc2C(=O)Nc2ccc(C)c(C(=O)NC(C)C)c2)cs1. The van der Waals surface area contributed by atoms with E-state index in [2.05, 4.69) is 15.6 Å². The molecule has 0 radical (unpaired) electrons. The van der Waals surface area contributed by atoms with Crippen LogP contribution in [-0.2, 0) is 5.75 Å². The largest absolute Gasteiger partial charge is 0.350 e. The van der Waals surface area contributed by atoms with Gasteiger partial charge in [0, 0.05) is 33.3 Å². The van der Waals surface area contributed by atoms with E-state index in [0.717, 1.165) is 21.2 Å². The fourth-order valence-electron chi connectivity index (χ4n) is 2.89. The summed E-state index contributed by atoms with van der Waals surface area (Å²) in [6.07, 6.45) is 0. The first kappa shape index (κ1) is 22.1. The van der Waals surface area contributed by atoms with E-state index in [4.69, 9.17) is 0 Å². The monoisotopic (exact) mass is 439 g/mol. The Morgan fingerprint density at radius 2 is 1.83 bits per heavy atom. The number of carbonyl (C=O) groups excluding carboxylic acids is 2. The van der Waals surface area contributed by atoms with E-state index >= 15 is 0 Å². The number of hydrogen-bond donors (Lipinski definition) is 2. The zero-order valence-electron chi connectivity index (χ0n) is 17.5. The molecule has 0 fully saturated rings. The highest BCUT2D eigenvalue weighted by Crippen LogP contribution is 2.27. The van der Waals surface area contributed by atoms with Crippen LogP contribution in [0.3, 0.4) is 0 Å². The van der Waals surface area contributed by atoms with Gasteiger partial charge in [-0.15, -0.1) is 23.1 Å². The number of aromatic nitrogens is 1. The van der Waals surface area contributed by atoms with Gasteiger partial charge in [-0.2, -0.15) is 0 Å². The normalized spacial score (nSPS) is 10.8. The number of thioether (sulfide) groups is 1. The van der Waals surface area contributed by atoms with E-state index in [1.165, 1.54) is 0 Å². The molecular weight excluding hydrogens is 414 g/mol. The molecule has 0 bridgehead atoms. The second kappa shape index (κ2) is 9.91. The summed E-state index contributed by atoms with van der Waals surface area (Å²) >= 11 is 3.21. The van der Waals surface area contributed by atoms with Crippen LogP contribution < -0.4 is 10.6 Å². The van der Waals surface area contributed by atoms with Crippen LogP contribution in [0.4, 0.5) is 5.69 Å². The van der Waals surface area contributed by atoms with E-state index in [9.17, 15) is 9.59 Å². The van der Waals surface area contributed by atoms with Gasteiger partial charge in [0.25, 0.3) is 11.8 Å². The summed E-state index contributed by atoms with van der Waals surface area (Å²) in [5.41, 5.74) is 3.62. The molecule has 0 atom stereocenters. The summed E-state index contributed by atoms with van der Waals surface area (Å²) in [6, 6.07) is 12.9. The van der Waals surface area contributed by atoms with Crippen molar-refractivity contribution >= 4 is 40.6 Å². The Kier molecular flexibility index (Phi) is 7.29. The van der Waals surface area contributed by atoms with Crippen molar-refractivity contribution in [3.63, 3.8) is 0 Å². The summed E-state index contributed by atoms with van der Waals surface area (Å²) in [4.78, 5) is 30.8. The first-order chi connectivity index (χ1) is 14.3. The van der Waals surface area contributed by atoms with Crippen LogP contribution in [0, 0.1) is 13.8 Å². The molecule has 7 heteroatoms. The molecule has 2 N–H and O–H groups in total. The van der Waals surface area contributed by atoms with Gasteiger partial charge in [0.1, 0.15) is 0 Å². The lowest BCUT2D eigenvalue weighted by Gasteiger charge is -2.13. The van der Waals surface area contributed by atoms with E-state index < -0.39 is 0 Å². The lowest BCUT2D eigenvalue weighted by Crippen LogP contribution is -2.30. The fraction of sp³-hybridized carbons (Fsp3) is 0.261. The third kappa shape index (κ3) is 5.70. The number of carbonyl (C=O) groups is 2. The Balaban J connectivity index is 1.75. The molecule has 2 amide bonds. The quantitative estimate of drug-likeness (QED) is 0.481. The van der Waals surface area contributed by atoms with Crippen molar-refractivity contribution in [2.75, 3.05) is 5.32 Å². The van der Waals surface area contributed by atoms with E-state index in [0.29, 0.717) is 22.6 Å². The summed E-state index contributed by atoms with van der Waals surface area (Å²) in [6.45, 7) is 7.70. The highest BCUT2D eigenvalue weighted by atomic mass is 32.2. The minimum Gasteiger partial charge on any atom is -0.350 e. The molecule has 0 saturated heterocycles. The number of anilines is 1. The predicted octanol–water partition coefficient (Wildman–Crippen LogP) is 5.44. The molecule has 2 aromatic carbocycles. The van der Waals surface area contributed by atoms with Gasteiger partial charge >= 0.3 is 0 Å². The number of nitrogens with zero attached hydrogens (tertiary/aromatic N) is 1. The molecule has 0 aliphatic heterocycles. The Hall–Kier alpha value is -2.64. The lowest BCUT2D eigenvalue weighted by molar-refractivity contribution is 0.0941. The number of benzene rings is 2. The molecule has 3 rings (SSSR count). The van der Waals surface area contributed by atoms with Gasteiger partial charge in [-0.3, -0.25) is 9.59 Å². The Morgan fingerprint density at radius 3 is 2.53 bits per heavy atom. The maximum atomic E-state index is 13.0. The Bertz CT molecular complexity index is 1060. The van der Waals surface area contributed by atoms with Gasteiger partial charge in [-0.1, -0.05) is 18.2 Å². The average molecular weight is 440 g/mol. The topological polar surface area (TPSA) is 71.1 Å². The Labute approximate surface area is 185 Å².